The van der Waals surface area contributed by atoms with Crippen molar-refractivity contribution < 1.29 is 27.9 Å². The summed E-state index contributed by atoms with van der Waals surface area (Å²) in [4.78, 5) is 28.6. The van der Waals surface area contributed by atoms with E-state index in [-0.39, 0.29) is 17.9 Å². The van der Waals surface area contributed by atoms with Crippen LogP contribution in [0.2, 0.25) is 0 Å². The molecule has 32 heavy (non-hydrogen) atoms. The van der Waals surface area contributed by atoms with Crippen molar-refractivity contribution in [1.82, 2.24) is 9.99 Å². The fraction of sp³-hybridized carbons (Fsp3) is 0.364. The number of hydrogen-bond donors (Lipinski definition) is 1. The first kappa shape index (κ1) is 23.2. The Morgan fingerprint density at radius 2 is 1.62 bits per heavy atom. The van der Waals surface area contributed by atoms with Crippen molar-refractivity contribution in [3.05, 3.63) is 60.3 Å². The number of benzene rings is 1. The average Bonchev–Trinajstić information content (AvgIpc) is 3.30. The summed E-state index contributed by atoms with van der Waals surface area (Å²) >= 11 is 0. The number of pyridine rings is 1. The predicted octanol–water partition coefficient (Wildman–Crippen LogP) is 3.89. The van der Waals surface area contributed by atoms with Crippen LogP contribution >= 0.6 is 0 Å². The van der Waals surface area contributed by atoms with Crippen molar-refractivity contribution in [2.75, 3.05) is 18.0 Å². The molecule has 10 heteroatoms. The number of amides is 1. The van der Waals surface area contributed by atoms with Crippen molar-refractivity contribution in [2.24, 2.45) is 11.0 Å². The van der Waals surface area contributed by atoms with Gasteiger partial charge in [-0.15, -0.1) is 0 Å². The second-order valence-electron chi connectivity index (χ2n) is 7.40. The third-order valence-electron chi connectivity index (χ3n) is 5.30. The van der Waals surface area contributed by atoms with Gasteiger partial charge in [-0.1, -0.05) is 36.4 Å². The molecule has 3 heterocycles. The monoisotopic (exact) mass is 448 g/mol. The molecule has 2 aliphatic rings. The van der Waals surface area contributed by atoms with E-state index in [0.717, 1.165) is 43.7 Å². The molecule has 0 radical (unpaired) electrons. The highest BCUT2D eigenvalue weighted by atomic mass is 19.4. The molecule has 0 aliphatic carbocycles. The number of rotatable bonds is 3. The Kier molecular flexibility index (Phi) is 7.45. The number of carboxylic acids is 1. The standard InChI is InChI=1S/C20H22N4O.C2HF3O2/c25-20(24-18(9-13-22-24)16-6-2-1-3-7-16)17-10-14-23(15-11-17)19-8-4-5-12-21-19;3-2(4,5)1(6)7/h1-8,12-13,17-18H,9-11,14-15H2;(H,6,7). The van der Waals surface area contributed by atoms with Gasteiger partial charge in [-0.2, -0.15) is 18.3 Å². The van der Waals surface area contributed by atoms with E-state index in [0.29, 0.717) is 0 Å². The zero-order valence-corrected chi connectivity index (χ0v) is 17.2. The molecule has 170 valence electrons. The molecule has 2 aliphatic heterocycles. The normalized spacial score (nSPS) is 18.8. The quantitative estimate of drug-likeness (QED) is 0.770. The molecule has 7 nitrogen and oxygen atoms in total. The van der Waals surface area contributed by atoms with E-state index in [1.54, 1.807) is 5.01 Å². The largest absolute Gasteiger partial charge is 0.490 e. The summed E-state index contributed by atoms with van der Waals surface area (Å²) < 4.78 is 31.7. The number of halogens is 3. The Labute approximate surface area is 183 Å². The molecule has 0 spiro atoms. The summed E-state index contributed by atoms with van der Waals surface area (Å²) in [6.45, 7) is 1.72. The second-order valence-corrected chi connectivity index (χ2v) is 7.40. The lowest BCUT2D eigenvalue weighted by Gasteiger charge is -2.34. The highest BCUT2D eigenvalue weighted by Crippen LogP contribution is 2.32. The van der Waals surface area contributed by atoms with Gasteiger partial charge in [0.15, 0.2) is 0 Å². The van der Waals surface area contributed by atoms with E-state index >= 15 is 0 Å². The van der Waals surface area contributed by atoms with E-state index in [2.05, 4.69) is 27.1 Å². The molecule has 0 saturated carbocycles. The third-order valence-corrected chi connectivity index (χ3v) is 5.30. The van der Waals surface area contributed by atoms with Crippen LogP contribution in [-0.2, 0) is 9.59 Å². The number of carbonyl (C=O) groups excluding carboxylic acids is 1. The van der Waals surface area contributed by atoms with Gasteiger partial charge in [0.05, 0.1) is 6.04 Å². The number of alkyl halides is 3. The SMILES string of the molecule is O=C(C1CCN(c2ccccn2)CC1)N1N=CCC1c1ccccc1.O=C(O)C(F)(F)F. The zero-order chi connectivity index (χ0) is 23.1. The molecule has 1 aromatic heterocycles. The molecular weight excluding hydrogens is 425 g/mol. The molecule has 1 saturated heterocycles. The molecule has 0 bridgehead atoms. The summed E-state index contributed by atoms with van der Waals surface area (Å²) in [6.07, 6.45) is 1.09. The first-order valence-electron chi connectivity index (χ1n) is 10.1. The Bertz CT molecular complexity index is 930. The van der Waals surface area contributed by atoms with Crippen molar-refractivity contribution in [3.63, 3.8) is 0 Å². The van der Waals surface area contributed by atoms with Gasteiger partial charge in [-0.25, -0.2) is 14.8 Å². The van der Waals surface area contributed by atoms with Crippen LogP contribution in [0.1, 0.15) is 30.9 Å². The summed E-state index contributed by atoms with van der Waals surface area (Å²) in [5.74, 6) is -1.56. The molecule has 1 fully saturated rings. The summed E-state index contributed by atoms with van der Waals surface area (Å²) in [7, 11) is 0. The molecular formula is C22H23F3N4O3. The van der Waals surface area contributed by atoms with Gasteiger partial charge >= 0.3 is 12.1 Å². The minimum atomic E-state index is -5.08. The maximum absolute atomic E-state index is 13.0. The average molecular weight is 448 g/mol. The smallest absolute Gasteiger partial charge is 0.475 e. The maximum Gasteiger partial charge on any atom is 0.490 e. The predicted molar refractivity (Wildman–Crippen MR) is 112 cm³/mol. The number of nitrogens with zero attached hydrogens (tertiary/aromatic N) is 4. The van der Waals surface area contributed by atoms with Crippen LogP contribution < -0.4 is 4.90 Å². The van der Waals surface area contributed by atoms with Crippen molar-refractivity contribution in [1.29, 1.82) is 0 Å². The van der Waals surface area contributed by atoms with Gasteiger partial charge in [0, 0.05) is 37.8 Å². The van der Waals surface area contributed by atoms with Crippen LogP contribution in [0.3, 0.4) is 0 Å². The zero-order valence-electron chi connectivity index (χ0n) is 17.2. The molecule has 1 unspecified atom stereocenters. The number of piperidine rings is 1. The molecule has 1 amide bonds. The lowest BCUT2D eigenvalue weighted by Crippen LogP contribution is -2.41. The molecule has 1 atom stereocenters. The van der Waals surface area contributed by atoms with Crippen molar-refractivity contribution in [2.45, 2.75) is 31.5 Å². The van der Waals surface area contributed by atoms with Gasteiger partial charge in [-0.3, -0.25) is 4.79 Å². The first-order chi connectivity index (χ1) is 15.3. The van der Waals surface area contributed by atoms with Gasteiger partial charge in [0.2, 0.25) is 5.91 Å². The number of aliphatic carboxylic acids is 1. The highest BCUT2D eigenvalue weighted by molar-refractivity contribution is 5.82. The Morgan fingerprint density at radius 3 is 2.19 bits per heavy atom. The minimum absolute atomic E-state index is 0.0430. The maximum atomic E-state index is 13.0. The topological polar surface area (TPSA) is 86.1 Å². The Morgan fingerprint density at radius 1 is 1.00 bits per heavy atom. The molecule has 1 aromatic carbocycles. The van der Waals surface area contributed by atoms with Crippen LogP contribution in [0.15, 0.2) is 59.8 Å². The van der Waals surface area contributed by atoms with Crippen molar-refractivity contribution in [3.8, 4) is 0 Å². The fourth-order valence-electron chi connectivity index (χ4n) is 3.66. The number of hydrogen-bond acceptors (Lipinski definition) is 5. The van der Waals surface area contributed by atoms with E-state index in [4.69, 9.17) is 9.90 Å². The Hall–Kier alpha value is -3.43. The van der Waals surface area contributed by atoms with Crippen LogP contribution in [-0.4, -0.2) is 52.5 Å². The Balaban J connectivity index is 0.000000360. The van der Waals surface area contributed by atoms with Gasteiger partial charge in [0.25, 0.3) is 0 Å². The van der Waals surface area contributed by atoms with Crippen molar-refractivity contribution >= 4 is 23.9 Å². The van der Waals surface area contributed by atoms with Gasteiger partial charge in [0.1, 0.15) is 5.82 Å². The summed E-state index contributed by atoms with van der Waals surface area (Å²) in [6, 6.07) is 16.2. The fourth-order valence-corrected chi connectivity index (χ4v) is 3.66. The van der Waals surface area contributed by atoms with Crippen LogP contribution in [0.5, 0.6) is 0 Å². The van der Waals surface area contributed by atoms with Crippen LogP contribution in [0.4, 0.5) is 19.0 Å². The third kappa shape index (κ3) is 5.83. The number of hydrazone groups is 1. The van der Waals surface area contributed by atoms with Gasteiger partial charge in [-0.05, 0) is 30.5 Å². The van der Waals surface area contributed by atoms with E-state index < -0.39 is 12.1 Å². The van der Waals surface area contributed by atoms with Crippen LogP contribution in [0.25, 0.3) is 0 Å². The lowest BCUT2D eigenvalue weighted by molar-refractivity contribution is -0.192. The minimum Gasteiger partial charge on any atom is -0.475 e. The van der Waals surface area contributed by atoms with E-state index in [9.17, 15) is 18.0 Å². The lowest BCUT2D eigenvalue weighted by atomic mass is 9.94. The highest BCUT2D eigenvalue weighted by Gasteiger charge is 2.38. The molecule has 1 N–H and O–H groups in total. The van der Waals surface area contributed by atoms with E-state index in [1.807, 2.05) is 48.8 Å². The summed E-state index contributed by atoms with van der Waals surface area (Å²) in [5, 5.41) is 13.2. The van der Waals surface area contributed by atoms with Crippen LogP contribution in [0, 0.1) is 5.92 Å². The number of aromatic nitrogens is 1. The van der Waals surface area contributed by atoms with Gasteiger partial charge < -0.3 is 10.0 Å². The second kappa shape index (κ2) is 10.3. The van der Waals surface area contributed by atoms with E-state index in [1.165, 1.54) is 0 Å². The number of carboxylic acid groups (broad SMARTS) is 1. The number of anilines is 1. The summed E-state index contributed by atoms with van der Waals surface area (Å²) in [5.41, 5.74) is 1.15. The first-order valence-corrected chi connectivity index (χ1v) is 10.1. The molecule has 2 aromatic rings. The number of carbonyl (C=O) groups is 2. The molecule has 4 rings (SSSR count).